The summed E-state index contributed by atoms with van der Waals surface area (Å²) >= 11 is 0. The molecule has 17 heavy (non-hydrogen) atoms. The van der Waals surface area contributed by atoms with Gasteiger partial charge in [0.15, 0.2) is 0 Å². The molecule has 1 N–H and O–H groups in total. The smallest absolute Gasteiger partial charge is 0.323 e. The molecule has 2 rings (SSSR count). The third kappa shape index (κ3) is 2.60. The lowest BCUT2D eigenvalue weighted by Crippen LogP contribution is -2.42. The van der Waals surface area contributed by atoms with Crippen LogP contribution in [0.5, 0.6) is 0 Å². The van der Waals surface area contributed by atoms with Gasteiger partial charge in [-0.05, 0) is 25.7 Å². The summed E-state index contributed by atoms with van der Waals surface area (Å²) in [6.45, 7) is 2.26. The Hall–Kier alpha value is -1.10. The van der Waals surface area contributed by atoms with E-state index < -0.39 is 5.97 Å². The van der Waals surface area contributed by atoms with Crippen LogP contribution in [0.4, 0.5) is 0 Å². The number of ether oxygens (including phenoxy) is 1. The van der Waals surface area contributed by atoms with Gasteiger partial charge in [-0.15, -0.1) is 0 Å². The van der Waals surface area contributed by atoms with Crippen molar-refractivity contribution in [2.45, 2.75) is 44.8 Å². The van der Waals surface area contributed by atoms with E-state index in [0.717, 1.165) is 25.7 Å². The molecule has 0 saturated carbocycles. The van der Waals surface area contributed by atoms with E-state index in [1.807, 2.05) is 6.92 Å². The number of carboxylic acid groups (broad SMARTS) is 1. The number of hydrogen-bond donors (Lipinski definition) is 1. The highest BCUT2D eigenvalue weighted by Crippen LogP contribution is 2.39. The molecule has 2 aliphatic heterocycles. The Morgan fingerprint density at radius 1 is 1.41 bits per heavy atom. The van der Waals surface area contributed by atoms with Crippen molar-refractivity contribution in [2.24, 2.45) is 5.92 Å². The highest BCUT2D eigenvalue weighted by Gasteiger charge is 2.45. The van der Waals surface area contributed by atoms with Crippen molar-refractivity contribution in [3.05, 3.63) is 0 Å². The minimum absolute atomic E-state index is 0.0284. The van der Waals surface area contributed by atoms with Crippen molar-refractivity contribution in [2.75, 3.05) is 13.1 Å². The van der Waals surface area contributed by atoms with E-state index in [0.29, 0.717) is 6.54 Å². The molecule has 0 radical (unpaired) electrons. The van der Waals surface area contributed by atoms with E-state index in [1.165, 1.54) is 4.90 Å². The molecular formula is C12H19NO4. The normalized spacial score (nSPS) is 30.5. The highest BCUT2D eigenvalue weighted by atomic mass is 16.5. The molecule has 1 amide bonds. The predicted octanol–water partition coefficient (Wildman–Crippen LogP) is 0.877. The van der Waals surface area contributed by atoms with Crippen LogP contribution in [0.1, 0.15) is 32.6 Å². The lowest BCUT2D eigenvalue weighted by molar-refractivity contribution is -0.147. The first-order chi connectivity index (χ1) is 8.11. The zero-order valence-electron chi connectivity index (χ0n) is 10.1. The summed E-state index contributed by atoms with van der Waals surface area (Å²) < 4.78 is 5.64. The molecule has 0 spiro atoms. The number of nitrogens with zero attached hydrogens (tertiary/aromatic N) is 1. The average molecular weight is 241 g/mol. The summed E-state index contributed by atoms with van der Waals surface area (Å²) in [5.74, 6) is -1.10. The monoisotopic (exact) mass is 241 g/mol. The van der Waals surface area contributed by atoms with Crippen LogP contribution in [0, 0.1) is 5.92 Å². The van der Waals surface area contributed by atoms with Crippen LogP contribution in [0.25, 0.3) is 0 Å². The van der Waals surface area contributed by atoms with Crippen LogP contribution in [-0.4, -0.2) is 47.2 Å². The molecule has 3 atom stereocenters. The molecular weight excluding hydrogens is 222 g/mol. The predicted molar refractivity (Wildman–Crippen MR) is 60.5 cm³/mol. The maximum absolute atomic E-state index is 12.2. The molecule has 3 unspecified atom stereocenters. The number of carboxylic acids is 1. The van der Waals surface area contributed by atoms with Crippen molar-refractivity contribution >= 4 is 11.9 Å². The lowest BCUT2D eigenvalue weighted by Gasteiger charge is -2.26. The van der Waals surface area contributed by atoms with E-state index in [9.17, 15) is 9.59 Å². The quantitative estimate of drug-likeness (QED) is 0.775. The zero-order chi connectivity index (χ0) is 12.4. The third-order valence-electron chi connectivity index (χ3n) is 3.55. The molecule has 0 aliphatic carbocycles. The Morgan fingerprint density at radius 3 is 2.65 bits per heavy atom. The van der Waals surface area contributed by atoms with Crippen molar-refractivity contribution in [3.63, 3.8) is 0 Å². The van der Waals surface area contributed by atoms with Crippen LogP contribution in [-0.2, 0) is 14.3 Å². The summed E-state index contributed by atoms with van der Waals surface area (Å²) in [5, 5.41) is 8.81. The lowest BCUT2D eigenvalue weighted by atomic mass is 9.88. The molecule has 5 heteroatoms. The van der Waals surface area contributed by atoms with E-state index in [4.69, 9.17) is 9.84 Å². The van der Waals surface area contributed by atoms with Gasteiger partial charge in [0.25, 0.3) is 0 Å². The van der Waals surface area contributed by atoms with Crippen LogP contribution < -0.4 is 0 Å². The molecule has 2 fully saturated rings. The molecule has 2 heterocycles. The van der Waals surface area contributed by atoms with Crippen molar-refractivity contribution in [1.82, 2.24) is 4.90 Å². The van der Waals surface area contributed by atoms with Crippen molar-refractivity contribution < 1.29 is 19.4 Å². The number of fused-ring (bicyclic) bond motifs is 2. The van der Waals surface area contributed by atoms with Crippen LogP contribution in [0.3, 0.4) is 0 Å². The Morgan fingerprint density at radius 2 is 2.18 bits per heavy atom. The minimum Gasteiger partial charge on any atom is -0.480 e. The average Bonchev–Trinajstić information content (AvgIpc) is 2.88. The summed E-state index contributed by atoms with van der Waals surface area (Å²) in [6.07, 6.45) is 3.78. The molecule has 5 nitrogen and oxygen atoms in total. The van der Waals surface area contributed by atoms with Gasteiger partial charge in [0.2, 0.25) is 5.91 Å². The first kappa shape index (κ1) is 12.4. The van der Waals surface area contributed by atoms with Gasteiger partial charge in [0.1, 0.15) is 6.54 Å². The van der Waals surface area contributed by atoms with Gasteiger partial charge < -0.3 is 14.7 Å². The molecule has 2 aliphatic rings. The second-order valence-electron chi connectivity index (χ2n) is 4.87. The Bertz CT molecular complexity index is 318. The van der Waals surface area contributed by atoms with Crippen LogP contribution >= 0.6 is 0 Å². The van der Waals surface area contributed by atoms with Crippen LogP contribution in [0.2, 0.25) is 0 Å². The third-order valence-corrected chi connectivity index (χ3v) is 3.55. The van der Waals surface area contributed by atoms with Crippen molar-refractivity contribution in [3.8, 4) is 0 Å². The Kier molecular flexibility index (Phi) is 3.66. The Labute approximate surface area is 101 Å². The van der Waals surface area contributed by atoms with Crippen molar-refractivity contribution in [1.29, 1.82) is 0 Å². The van der Waals surface area contributed by atoms with Crippen LogP contribution in [0.15, 0.2) is 0 Å². The molecule has 2 saturated heterocycles. The summed E-state index contributed by atoms with van der Waals surface area (Å²) in [5.41, 5.74) is 0. The van der Waals surface area contributed by atoms with Gasteiger partial charge in [-0.2, -0.15) is 0 Å². The maximum Gasteiger partial charge on any atom is 0.323 e. The van der Waals surface area contributed by atoms with Gasteiger partial charge in [-0.1, -0.05) is 6.92 Å². The summed E-state index contributed by atoms with van der Waals surface area (Å²) in [6, 6.07) is 0. The van der Waals surface area contributed by atoms with E-state index in [2.05, 4.69) is 0 Å². The van der Waals surface area contributed by atoms with E-state index in [-0.39, 0.29) is 30.6 Å². The van der Waals surface area contributed by atoms with Gasteiger partial charge in [-0.3, -0.25) is 9.59 Å². The number of amides is 1. The largest absolute Gasteiger partial charge is 0.480 e. The Balaban J connectivity index is 1.98. The van der Waals surface area contributed by atoms with E-state index in [1.54, 1.807) is 0 Å². The molecule has 96 valence electrons. The van der Waals surface area contributed by atoms with Gasteiger partial charge in [-0.25, -0.2) is 0 Å². The second kappa shape index (κ2) is 5.04. The van der Waals surface area contributed by atoms with Gasteiger partial charge in [0, 0.05) is 6.54 Å². The first-order valence-corrected chi connectivity index (χ1v) is 6.27. The van der Waals surface area contributed by atoms with Gasteiger partial charge in [0.05, 0.1) is 18.1 Å². The number of aliphatic carboxylic acids is 1. The second-order valence-corrected chi connectivity index (χ2v) is 4.87. The number of carbonyl (C=O) groups is 2. The molecule has 2 bridgehead atoms. The summed E-state index contributed by atoms with van der Waals surface area (Å²) in [7, 11) is 0. The molecule has 0 aromatic heterocycles. The minimum atomic E-state index is -0.948. The zero-order valence-corrected chi connectivity index (χ0v) is 10.1. The first-order valence-electron chi connectivity index (χ1n) is 6.27. The maximum atomic E-state index is 12.2. The molecule has 0 aromatic carbocycles. The fourth-order valence-electron chi connectivity index (χ4n) is 2.83. The number of rotatable bonds is 5. The summed E-state index contributed by atoms with van der Waals surface area (Å²) in [4.78, 5) is 24.4. The topological polar surface area (TPSA) is 66.8 Å². The highest BCUT2D eigenvalue weighted by molar-refractivity contribution is 5.83. The van der Waals surface area contributed by atoms with E-state index >= 15 is 0 Å². The molecule has 0 aromatic rings. The standard InChI is InChI=1S/C12H19NO4/c1-2-5-13(7-11(14)15)12(16)9-6-8-3-4-10(9)17-8/h8-10H,2-7H2,1H3,(H,14,15). The SMILES string of the molecule is CCCN(CC(=O)O)C(=O)C1CC2CCC1O2. The number of hydrogen-bond acceptors (Lipinski definition) is 3. The van der Waals surface area contributed by atoms with Gasteiger partial charge >= 0.3 is 5.97 Å². The number of carbonyl (C=O) groups excluding carboxylic acids is 1. The fraction of sp³-hybridized carbons (Fsp3) is 0.833. The fourth-order valence-corrected chi connectivity index (χ4v) is 2.83.